The Morgan fingerprint density at radius 1 is 1.05 bits per heavy atom. The zero-order valence-electron chi connectivity index (χ0n) is 13.8. The van der Waals surface area contributed by atoms with Crippen LogP contribution in [0.3, 0.4) is 0 Å². The molecule has 1 rings (SSSR count). The lowest BCUT2D eigenvalue weighted by atomic mass is 10.2. The number of hydrogen-bond acceptors (Lipinski definition) is 5. The first-order valence-electron chi connectivity index (χ1n) is 8.37. The fourth-order valence-electron chi connectivity index (χ4n) is 2.08. The zero-order chi connectivity index (χ0) is 15.6. The molecule has 0 spiro atoms. The van der Waals surface area contributed by atoms with Crippen LogP contribution in [0.15, 0.2) is 0 Å². The highest BCUT2D eigenvalue weighted by atomic mass is 28.4. The van der Waals surface area contributed by atoms with Crippen LogP contribution in [-0.4, -0.2) is 52.5 Å². The molecule has 0 aliphatic carbocycles. The number of ether oxygens (including phenoxy) is 1. The first kappa shape index (κ1) is 19.1. The van der Waals surface area contributed by atoms with E-state index in [9.17, 15) is 5.11 Å². The number of hydrogen-bond donors (Lipinski definition) is 1. The summed E-state index contributed by atoms with van der Waals surface area (Å²) in [5.41, 5.74) is 0. The van der Waals surface area contributed by atoms with Crippen LogP contribution >= 0.6 is 0 Å². The average molecular weight is 321 g/mol. The van der Waals surface area contributed by atoms with Crippen LogP contribution in [0.4, 0.5) is 0 Å². The Kier molecular flexibility index (Phi) is 9.71. The van der Waals surface area contributed by atoms with Crippen LogP contribution in [0, 0.1) is 0 Å². The van der Waals surface area contributed by atoms with Gasteiger partial charge in [0.15, 0.2) is 0 Å². The monoisotopic (exact) mass is 320 g/mol. The van der Waals surface area contributed by atoms with Crippen molar-refractivity contribution in [3.8, 4) is 0 Å². The van der Waals surface area contributed by atoms with Crippen molar-refractivity contribution in [1.29, 1.82) is 0 Å². The molecule has 1 heterocycles. The molecule has 0 radical (unpaired) electrons. The van der Waals surface area contributed by atoms with Gasteiger partial charge in [-0.1, -0.05) is 20.8 Å². The average Bonchev–Trinajstić information content (AvgIpc) is 3.30. The third-order valence-electron chi connectivity index (χ3n) is 3.30. The van der Waals surface area contributed by atoms with Gasteiger partial charge < -0.3 is 23.1 Å². The van der Waals surface area contributed by atoms with Gasteiger partial charge >= 0.3 is 8.80 Å². The summed E-state index contributed by atoms with van der Waals surface area (Å²) < 4.78 is 23.2. The van der Waals surface area contributed by atoms with E-state index in [1.807, 2.05) is 0 Å². The molecule has 0 aromatic rings. The molecular formula is C15H32O5Si. The van der Waals surface area contributed by atoms with E-state index in [2.05, 4.69) is 20.8 Å². The van der Waals surface area contributed by atoms with Gasteiger partial charge in [-0.05, 0) is 25.7 Å². The van der Waals surface area contributed by atoms with Crippen LogP contribution in [0.2, 0.25) is 6.04 Å². The number of rotatable bonds is 14. The van der Waals surface area contributed by atoms with E-state index >= 15 is 0 Å². The molecule has 0 aromatic carbocycles. The van der Waals surface area contributed by atoms with Crippen molar-refractivity contribution in [2.75, 3.05) is 26.4 Å². The lowest BCUT2D eigenvalue weighted by molar-refractivity contribution is 0.0529. The summed E-state index contributed by atoms with van der Waals surface area (Å²) in [6.07, 6.45) is 4.09. The topological polar surface area (TPSA) is 60.5 Å². The van der Waals surface area contributed by atoms with Gasteiger partial charge in [0.1, 0.15) is 0 Å². The fraction of sp³-hybridized carbons (Fsp3) is 1.00. The van der Waals surface area contributed by atoms with Gasteiger partial charge in [0.2, 0.25) is 0 Å². The summed E-state index contributed by atoms with van der Waals surface area (Å²) in [5, 5.41) is 10.1. The Morgan fingerprint density at radius 3 is 1.90 bits per heavy atom. The minimum Gasteiger partial charge on any atom is -0.393 e. The van der Waals surface area contributed by atoms with Crippen molar-refractivity contribution in [2.45, 2.75) is 71.1 Å². The van der Waals surface area contributed by atoms with E-state index in [4.69, 9.17) is 18.0 Å². The van der Waals surface area contributed by atoms with Gasteiger partial charge in [-0.25, -0.2) is 0 Å². The van der Waals surface area contributed by atoms with Crippen molar-refractivity contribution in [2.24, 2.45) is 0 Å². The van der Waals surface area contributed by atoms with E-state index in [-0.39, 0.29) is 12.2 Å². The predicted molar refractivity (Wildman–Crippen MR) is 84.3 cm³/mol. The van der Waals surface area contributed by atoms with Crippen LogP contribution in [-0.2, 0) is 18.0 Å². The molecule has 2 unspecified atom stereocenters. The molecule has 0 bridgehead atoms. The van der Waals surface area contributed by atoms with Gasteiger partial charge in [-0.15, -0.1) is 0 Å². The standard InChI is InChI=1S/C15H32O5Si/c1-4-8-18-21(19-9-5-2,20-10-6-3)11-7-14(16)12-15-13-17-15/h14-16H,4-13H2,1-3H3. The van der Waals surface area contributed by atoms with E-state index in [0.29, 0.717) is 38.7 Å². The molecule has 1 fully saturated rings. The predicted octanol–water partition coefficient (Wildman–Crippen LogP) is 2.75. The lowest BCUT2D eigenvalue weighted by Crippen LogP contribution is -2.47. The molecular weight excluding hydrogens is 288 g/mol. The molecule has 2 atom stereocenters. The molecule has 1 saturated heterocycles. The van der Waals surface area contributed by atoms with E-state index < -0.39 is 8.80 Å². The molecule has 0 saturated carbocycles. The first-order valence-corrected chi connectivity index (χ1v) is 10.3. The molecule has 1 aliphatic rings. The summed E-state index contributed by atoms with van der Waals surface area (Å²) in [7, 11) is -2.65. The zero-order valence-corrected chi connectivity index (χ0v) is 14.8. The Labute approximate surface area is 130 Å². The lowest BCUT2D eigenvalue weighted by Gasteiger charge is -2.30. The second-order valence-corrected chi connectivity index (χ2v) is 8.34. The molecule has 1 N–H and O–H groups in total. The van der Waals surface area contributed by atoms with Gasteiger partial charge in [-0.2, -0.15) is 0 Å². The maximum atomic E-state index is 10.1. The largest absolute Gasteiger partial charge is 0.501 e. The van der Waals surface area contributed by atoms with Crippen molar-refractivity contribution in [3.63, 3.8) is 0 Å². The van der Waals surface area contributed by atoms with Crippen LogP contribution < -0.4 is 0 Å². The fourth-order valence-corrected chi connectivity index (χ4v) is 5.00. The summed E-state index contributed by atoms with van der Waals surface area (Å²) >= 11 is 0. The first-order chi connectivity index (χ1) is 10.2. The second-order valence-electron chi connectivity index (χ2n) is 5.61. The van der Waals surface area contributed by atoms with Gasteiger partial charge in [0.25, 0.3) is 0 Å². The SMILES string of the molecule is CCCO[Si](CCC(O)CC1CO1)(OCCC)OCCC. The number of aliphatic hydroxyl groups is 1. The Balaban J connectivity index is 2.50. The highest BCUT2D eigenvalue weighted by Gasteiger charge is 2.41. The van der Waals surface area contributed by atoms with Crippen molar-refractivity contribution < 1.29 is 23.1 Å². The highest BCUT2D eigenvalue weighted by molar-refractivity contribution is 6.60. The van der Waals surface area contributed by atoms with Gasteiger partial charge in [-0.3, -0.25) is 0 Å². The minimum atomic E-state index is -2.65. The number of epoxide rings is 1. The normalized spacial score (nSPS) is 19.7. The second kappa shape index (κ2) is 10.7. The molecule has 0 amide bonds. The van der Waals surface area contributed by atoms with Crippen molar-refractivity contribution in [1.82, 2.24) is 0 Å². The molecule has 126 valence electrons. The third kappa shape index (κ3) is 8.28. The molecule has 21 heavy (non-hydrogen) atoms. The highest BCUT2D eigenvalue weighted by Crippen LogP contribution is 2.24. The van der Waals surface area contributed by atoms with Crippen molar-refractivity contribution >= 4 is 8.80 Å². The molecule has 5 nitrogen and oxygen atoms in total. The van der Waals surface area contributed by atoms with E-state index in [0.717, 1.165) is 25.9 Å². The summed E-state index contributed by atoms with van der Waals surface area (Å²) in [6.45, 7) is 8.99. The summed E-state index contributed by atoms with van der Waals surface area (Å²) in [6, 6.07) is 0.681. The quantitative estimate of drug-likeness (QED) is 0.394. The van der Waals surface area contributed by atoms with Crippen LogP contribution in [0.25, 0.3) is 0 Å². The van der Waals surface area contributed by atoms with Crippen molar-refractivity contribution in [3.05, 3.63) is 0 Å². The smallest absolute Gasteiger partial charge is 0.393 e. The third-order valence-corrected chi connectivity index (χ3v) is 6.13. The maximum absolute atomic E-state index is 10.1. The Morgan fingerprint density at radius 2 is 1.52 bits per heavy atom. The number of aliphatic hydroxyl groups excluding tert-OH is 1. The molecule has 6 heteroatoms. The van der Waals surface area contributed by atoms with E-state index in [1.165, 1.54) is 0 Å². The Bertz CT molecular complexity index is 239. The maximum Gasteiger partial charge on any atom is 0.501 e. The molecule has 0 aromatic heterocycles. The van der Waals surface area contributed by atoms with Gasteiger partial charge in [0, 0.05) is 32.3 Å². The Hall–Kier alpha value is 0.0169. The van der Waals surface area contributed by atoms with Crippen LogP contribution in [0.5, 0.6) is 0 Å². The minimum absolute atomic E-state index is 0.251. The molecule has 1 aliphatic heterocycles. The summed E-state index contributed by atoms with van der Waals surface area (Å²) in [5.74, 6) is 0. The van der Waals surface area contributed by atoms with E-state index in [1.54, 1.807) is 0 Å². The summed E-state index contributed by atoms with van der Waals surface area (Å²) in [4.78, 5) is 0. The van der Waals surface area contributed by atoms with Gasteiger partial charge in [0.05, 0.1) is 18.8 Å². The van der Waals surface area contributed by atoms with Crippen LogP contribution in [0.1, 0.15) is 52.9 Å².